The number of aryl methyl sites for hydroxylation is 1. The second-order valence-corrected chi connectivity index (χ2v) is 2.02. The van der Waals surface area contributed by atoms with Gasteiger partial charge in [-0.3, -0.25) is 0 Å². The van der Waals surface area contributed by atoms with Gasteiger partial charge < -0.3 is 5.21 Å². The Bertz CT molecular complexity index is 283. The molecule has 0 bridgehead atoms. The molecule has 0 amide bonds. The predicted octanol–water partition coefficient (Wildman–Crippen LogP) is 2.17. The van der Waals surface area contributed by atoms with E-state index in [9.17, 15) is 5.21 Å². The minimum absolute atomic E-state index is 0.762. The topological polar surface area (TPSA) is 27.4 Å². The first-order chi connectivity index (χ1) is 4.84. The first-order valence-electron chi connectivity index (χ1n) is 2.98. The van der Waals surface area contributed by atoms with Gasteiger partial charge in [0.05, 0.1) is 0 Å². The minimum atomic E-state index is 0.762. The molecule has 0 spiro atoms. The SMILES string of the molecule is Cc1ccccc1C#[N+][O-]. The molecule has 0 radical (unpaired) electrons. The summed E-state index contributed by atoms with van der Waals surface area (Å²) in [5.41, 5.74) is 1.78. The fourth-order valence-corrected chi connectivity index (χ4v) is 0.748. The van der Waals surface area contributed by atoms with Crippen molar-refractivity contribution in [3.8, 4) is 6.07 Å². The van der Waals surface area contributed by atoms with E-state index in [0.29, 0.717) is 0 Å². The molecule has 50 valence electrons. The van der Waals surface area contributed by atoms with Crippen LogP contribution in [0, 0.1) is 18.2 Å². The maximum Gasteiger partial charge on any atom is 0.336 e. The molecule has 0 saturated carbocycles. The molecule has 0 aromatic heterocycles. The van der Waals surface area contributed by atoms with E-state index in [4.69, 9.17) is 0 Å². The number of benzene rings is 1. The third kappa shape index (κ3) is 1.26. The van der Waals surface area contributed by atoms with Gasteiger partial charge in [-0.15, -0.1) is 0 Å². The highest BCUT2D eigenvalue weighted by Gasteiger charge is 1.95. The van der Waals surface area contributed by atoms with Gasteiger partial charge in [0.2, 0.25) is 0 Å². The summed E-state index contributed by atoms with van der Waals surface area (Å²) in [6.07, 6.45) is 0. The zero-order chi connectivity index (χ0) is 7.40. The van der Waals surface area contributed by atoms with Gasteiger partial charge in [0.15, 0.2) is 0 Å². The van der Waals surface area contributed by atoms with Crippen LogP contribution in [0.2, 0.25) is 0 Å². The number of hydrogen-bond donors (Lipinski definition) is 0. The van der Waals surface area contributed by atoms with E-state index in [0.717, 1.165) is 11.1 Å². The van der Waals surface area contributed by atoms with E-state index < -0.39 is 0 Å². The lowest BCUT2D eigenvalue weighted by Crippen LogP contribution is -1.77. The summed E-state index contributed by atoms with van der Waals surface area (Å²) in [6.45, 7) is 1.91. The molecule has 0 aliphatic carbocycles. The van der Waals surface area contributed by atoms with E-state index in [1.807, 2.05) is 25.1 Å². The van der Waals surface area contributed by atoms with Crippen LogP contribution in [0.25, 0.3) is 5.01 Å². The molecule has 0 fully saturated rings. The Balaban J connectivity index is 3.11. The normalized spacial score (nSPS) is 8.10. The maximum absolute atomic E-state index is 9.77. The highest BCUT2D eigenvalue weighted by molar-refractivity contribution is 5.38. The van der Waals surface area contributed by atoms with Crippen molar-refractivity contribution in [2.45, 2.75) is 6.92 Å². The molecule has 0 atom stereocenters. The van der Waals surface area contributed by atoms with Gasteiger partial charge in [-0.25, -0.2) is 0 Å². The molecule has 10 heavy (non-hydrogen) atoms. The van der Waals surface area contributed by atoms with Crippen LogP contribution in [0.3, 0.4) is 0 Å². The molecule has 0 N–H and O–H groups in total. The van der Waals surface area contributed by atoms with Gasteiger partial charge in [0.25, 0.3) is 0 Å². The molecule has 0 aliphatic rings. The van der Waals surface area contributed by atoms with Crippen molar-refractivity contribution in [3.63, 3.8) is 0 Å². The largest absolute Gasteiger partial charge is 0.498 e. The molecular weight excluding hydrogens is 126 g/mol. The van der Waals surface area contributed by atoms with Crippen molar-refractivity contribution in [1.82, 2.24) is 0 Å². The smallest absolute Gasteiger partial charge is 0.336 e. The van der Waals surface area contributed by atoms with Gasteiger partial charge in [-0.05, 0) is 18.6 Å². The van der Waals surface area contributed by atoms with E-state index in [2.05, 4.69) is 11.1 Å². The maximum atomic E-state index is 9.77. The summed E-state index contributed by atoms with van der Waals surface area (Å²) in [5.74, 6) is 0. The van der Waals surface area contributed by atoms with Crippen molar-refractivity contribution >= 4 is 0 Å². The lowest BCUT2D eigenvalue weighted by atomic mass is 10.1. The standard InChI is InChI=1S/C8H7NO/c1-7-4-2-3-5-8(7)6-9-10/h2-5H,1H3. The molecule has 1 rings (SSSR count). The molecule has 0 aliphatic heterocycles. The van der Waals surface area contributed by atoms with Crippen molar-refractivity contribution in [3.05, 3.63) is 45.6 Å². The Morgan fingerprint density at radius 1 is 1.40 bits per heavy atom. The summed E-state index contributed by atoms with van der Waals surface area (Å²) in [5, 5.41) is 12.3. The summed E-state index contributed by atoms with van der Waals surface area (Å²) in [4.78, 5) is 0. The van der Waals surface area contributed by atoms with E-state index >= 15 is 0 Å². The Labute approximate surface area is 59.5 Å². The molecule has 1 aromatic rings. The van der Waals surface area contributed by atoms with Crippen LogP contribution in [0.1, 0.15) is 11.1 Å². The Hall–Kier alpha value is -1.49. The number of nitrogens with zero attached hydrogens (tertiary/aromatic N) is 1. The number of hydrogen-bond acceptors (Lipinski definition) is 1. The Morgan fingerprint density at radius 3 is 2.70 bits per heavy atom. The van der Waals surface area contributed by atoms with Gasteiger partial charge >= 0.3 is 6.07 Å². The van der Waals surface area contributed by atoms with Crippen molar-refractivity contribution in [1.29, 1.82) is 0 Å². The molecular formula is C8H7NO. The van der Waals surface area contributed by atoms with Crippen molar-refractivity contribution in [2.24, 2.45) is 0 Å². The summed E-state index contributed by atoms with van der Waals surface area (Å²) in [7, 11) is 0. The Morgan fingerprint density at radius 2 is 2.10 bits per heavy atom. The van der Waals surface area contributed by atoms with E-state index in [-0.39, 0.29) is 0 Å². The van der Waals surface area contributed by atoms with Gasteiger partial charge in [-0.2, -0.15) is 0 Å². The third-order valence-electron chi connectivity index (χ3n) is 1.31. The van der Waals surface area contributed by atoms with Crippen LogP contribution in [0.5, 0.6) is 0 Å². The van der Waals surface area contributed by atoms with Crippen LogP contribution < -0.4 is 0 Å². The molecule has 2 heteroatoms. The first-order valence-corrected chi connectivity index (χ1v) is 2.98. The zero-order valence-electron chi connectivity index (χ0n) is 5.66. The highest BCUT2D eigenvalue weighted by atomic mass is 16.4. The van der Waals surface area contributed by atoms with Crippen LogP contribution in [0.15, 0.2) is 24.3 Å². The quantitative estimate of drug-likeness (QED) is 0.498. The molecule has 0 saturated heterocycles. The lowest BCUT2D eigenvalue weighted by molar-refractivity contribution is 1.44. The van der Waals surface area contributed by atoms with Crippen molar-refractivity contribution in [2.75, 3.05) is 0 Å². The van der Waals surface area contributed by atoms with E-state index in [1.54, 1.807) is 6.07 Å². The number of rotatable bonds is 0. The van der Waals surface area contributed by atoms with Crippen LogP contribution in [-0.2, 0) is 0 Å². The fraction of sp³-hybridized carbons (Fsp3) is 0.125. The molecule has 2 nitrogen and oxygen atoms in total. The fourth-order valence-electron chi connectivity index (χ4n) is 0.748. The molecule has 1 aromatic carbocycles. The third-order valence-corrected chi connectivity index (χ3v) is 1.31. The monoisotopic (exact) mass is 133 g/mol. The lowest BCUT2D eigenvalue weighted by Gasteiger charge is -1.88. The van der Waals surface area contributed by atoms with Crippen LogP contribution in [0.4, 0.5) is 0 Å². The average molecular weight is 133 g/mol. The highest BCUT2D eigenvalue weighted by Crippen LogP contribution is 2.04. The summed E-state index contributed by atoms with van der Waals surface area (Å²) in [6, 6.07) is 9.81. The average Bonchev–Trinajstić information content (AvgIpc) is 1.94. The van der Waals surface area contributed by atoms with E-state index in [1.165, 1.54) is 0 Å². The first kappa shape index (κ1) is 6.63. The van der Waals surface area contributed by atoms with Crippen molar-refractivity contribution < 1.29 is 0 Å². The second-order valence-electron chi connectivity index (χ2n) is 2.02. The molecule has 0 unspecified atom stereocenters. The van der Waals surface area contributed by atoms with Gasteiger partial charge in [0, 0.05) is 5.01 Å². The molecule has 0 heterocycles. The minimum Gasteiger partial charge on any atom is -0.498 e. The van der Waals surface area contributed by atoms with Crippen LogP contribution >= 0.6 is 0 Å². The second kappa shape index (κ2) is 2.88. The summed E-state index contributed by atoms with van der Waals surface area (Å²) >= 11 is 0. The van der Waals surface area contributed by atoms with Gasteiger partial charge in [-0.1, -0.05) is 18.2 Å². The Kier molecular flexibility index (Phi) is 1.91. The summed E-state index contributed by atoms with van der Waals surface area (Å²) < 4.78 is 0. The van der Waals surface area contributed by atoms with Gasteiger partial charge in [0.1, 0.15) is 5.56 Å². The zero-order valence-corrected chi connectivity index (χ0v) is 5.66. The predicted molar refractivity (Wildman–Crippen MR) is 40.9 cm³/mol. The van der Waals surface area contributed by atoms with Crippen LogP contribution in [-0.4, -0.2) is 0 Å².